The van der Waals surface area contributed by atoms with Crippen LogP contribution < -0.4 is 0 Å². The summed E-state index contributed by atoms with van der Waals surface area (Å²) < 4.78 is 5.65. The molecule has 1 aliphatic heterocycles. The molecular weight excluding hydrogens is 168 g/mol. The van der Waals surface area contributed by atoms with E-state index in [2.05, 4.69) is 41.5 Å². The van der Waals surface area contributed by atoms with Gasteiger partial charge in [0.25, 0.3) is 0 Å². The van der Waals surface area contributed by atoms with E-state index in [1.165, 1.54) is 0 Å². The highest BCUT2D eigenvalue weighted by atomic mass is 17.3. The van der Waals surface area contributed by atoms with Gasteiger partial charge in [0.15, 0.2) is 12.6 Å². The zero-order chi connectivity index (χ0) is 10.3. The Labute approximate surface area is 80.3 Å². The molecule has 0 spiro atoms. The monoisotopic (exact) mass is 188 g/mol. The maximum Gasteiger partial charge on any atom is 0.199 e. The first-order valence-electron chi connectivity index (χ1n) is 4.69. The smallest absolute Gasteiger partial charge is 0.199 e. The minimum atomic E-state index is -0.267. The molecule has 1 rings (SSSR count). The zero-order valence-electron chi connectivity index (χ0n) is 9.38. The molecule has 2 atom stereocenters. The van der Waals surface area contributed by atoms with Crippen molar-refractivity contribution in [3.63, 3.8) is 0 Å². The van der Waals surface area contributed by atoms with Crippen LogP contribution in [-0.2, 0) is 14.5 Å². The first kappa shape index (κ1) is 11.0. The van der Waals surface area contributed by atoms with Crippen LogP contribution in [0, 0.1) is 10.8 Å². The molecule has 0 unspecified atom stereocenters. The van der Waals surface area contributed by atoms with Gasteiger partial charge in [0, 0.05) is 10.8 Å². The van der Waals surface area contributed by atoms with Crippen LogP contribution in [-0.4, -0.2) is 12.6 Å². The van der Waals surface area contributed by atoms with Gasteiger partial charge in [0.2, 0.25) is 0 Å². The second-order valence-electron chi connectivity index (χ2n) is 5.72. The van der Waals surface area contributed by atoms with Crippen LogP contribution in [0.15, 0.2) is 0 Å². The first-order chi connectivity index (χ1) is 5.71. The van der Waals surface area contributed by atoms with E-state index in [0.717, 1.165) is 0 Å². The van der Waals surface area contributed by atoms with E-state index in [0.29, 0.717) is 0 Å². The Balaban J connectivity index is 2.55. The van der Waals surface area contributed by atoms with Crippen molar-refractivity contribution in [2.24, 2.45) is 10.8 Å². The van der Waals surface area contributed by atoms with Gasteiger partial charge >= 0.3 is 0 Å². The summed E-state index contributed by atoms with van der Waals surface area (Å²) >= 11 is 0. The van der Waals surface area contributed by atoms with Gasteiger partial charge in [-0.05, 0) is 0 Å². The Morgan fingerprint density at radius 3 is 1.15 bits per heavy atom. The summed E-state index contributed by atoms with van der Waals surface area (Å²) in [5.41, 5.74) is -0.0833. The van der Waals surface area contributed by atoms with E-state index >= 15 is 0 Å². The predicted octanol–water partition coefficient (Wildman–Crippen LogP) is 2.71. The van der Waals surface area contributed by atoms with E-state index in [4.69, 9.17) is 14.5 Å². The van der Waals surface area contributed by atoms with Gasteiger partial charge in [-0.1, -0.05) is 41.5 Å². The fourth-order valence-corrected chi connectivity index (χ4v) is 0.955. The predicted molar refractivity (Wildman–Crippen MR) is 49.7 cm³/mol. The average molecular weight is 188 g/mol. The van der Waals surface area contributed by atoms with Crippen LogP contribution in [0.25, 0.3) is 0 Å². The quantitative estimate of drug-likeness (QED) is 0.547. The third kappa shape index (κ3) is 2.66. The lowest BCUT2D eigenvalue weighted by molar-refractivity contribution is -0.321. The normalized spacial score (nSPS) is 30.9. The van der Waals surface area contributed by atoms with Crippen LogP contribution >= 0.6 is 0 Å². The Morgan fingerprint density at radius 1 is 0.692 bits per heavy atom. The lowest BCUT2D eigenvalue weighted by Gasteiger charge is -2.26. The third-order valence-corrected chi connectivity index (χ3v) is 1.89. The van der Waals surface area contributed by atoms with Crippen LogP contribution in [0.3, 0.4) is 0 Å². The topological polar surface area (TPSA) is 27.7 Å². The molecule has 13 heavy (non-hydrogen) atoms. The standard InChI is InChI=1S/C10H20O3/c1-9(2,3)7-11-8(13-12-7)10(4,5)6/h7-8H,1-6H3/t7-,8-/m1/s1. The molecule has 0 saturated carbocycles. The van der Waals surface area contributed by atoms with E-state index in [1.54, 1.807) is 0 Å². The maximum absolute atomic E-state index is 5.65. The molecule has 1 fully saturated rings. The van der Waals surface area contributed by atoms with Gasteiger partial charge < -0.3 is 4.74 Å². The highest BCUT2D eigenvalue weighted by Gasteiger charge is 2.41. The van der Waals surface area contributed by atoms with Crippen molar-refractivity contribution in [3.8, 4) is 0 Å². The van der Waals surface area contributed by atoms with Crippen LogP contribution in [0.1, 0.15) is 41.5 Å². The van der Waals surface area contributed by atoms with Crippen LogP contribution in [0.2, 0.25) is 0 Å². The molecule has 1 aliphatic rings. The summed E-state index contributed by atoms with van der Waals surface area (Å²) in [6.45, 7) is 12.4. The van der Waals surface area contributed by atoms with E-state index in [1.807, 2.05) is 0 Å². The van der Waals surface area contributed by atoms with Gasteiger partial charge in [0.1, 0.15) is 0 Å². The summed E-state index contributed by atoms with van der Waals surface area (Å²) in [6.07, 6.45) is -0.534. The third-order valence-electron chi connectivity index (χ3n) is 1.89. The van der Waals surface area contributed by atoms with Crippen molar-refractivity contribution in [2.75, 3.05) is 0 Å². The lowest BCUT2D eigenvalue weighted by Crippen LogP contribution is -2.31. The molecule has 0 amide bonds. The number of hydrogen-bond donors (Lipinski definition) is 0. The molecule has 0 aromatic carbocycles. The SMILES string of the molecule is CC(C)(C)[C@H]1OO[C@H](C(C)(C)C)O1. The first-order valence-corrected chi connectivity index (χ1v) is 4.69. The highest BCUT2D eigenvalue weighted by molar-refractivity contribution is 4.73. The van der Waals surface area contributed by atoms with Crippen molar-refractivity contribution >= 4 is 0 Å². The van der Waals surface area contributed by atoms with Gasteiger partial charge in [-0.25, -0.2) is 9.78 Å². The summed E-state index contributed by atoms with van der Waals surface area (Å²) in [7, 11) is 0. The summed E-state index contributed by atoms with van der Waals surface area (Å²) in [6, 6.07) is 0. The molecule has 0 aliphatic carbocycles. The molecule has 3 nitrogen and oxygen atoms in total. The molecule has 1 heterocycles. The van der Waals surface area contributed by atoms with Gasteiger partial charge in [-0.2, -0.15) is 0 Å². The Bertz CT molecular complexity index is 156. The van der Waals surface area contributed by atoms with Gasteiger partial charge in [-0.15, -0.1) is 0 Å². The van der Waals surface area contributed by atoms with Crippen molar-refractivity contribution in [1.82, 2.24) is 0 Å². The molecule has 0 N–H and O–H groups in total. The van der Waals surface area contributed by atoms with E-state index < -0.39 is 0 Å². The maximum atomic E-state index is 5.65. The summed E-state index contributed by atoms with van der Waals surface area (Å²) in [5.74, 6) is 0. The number of ether oxygens (including phenoxy) is 1. The highest BCUT2D eigenvalue weighted by Crippen LogP contribution is 2.35. The fourth-order valence-electron chi connectivity index (χ4n) is 0.955. The Kier molecular flexibility index (Phi) is 2.72. The minimum absolute atomic E-state index is 0.0417. The minimum Gasteiger partial charge on any atom is -0.317 e. The zero-order valence-corrected chi connectivity index (χ0v) is 9.38. The van der Waals surface area contributed by atoms with Crippen molar-refractivity contribution in [2.45, 2.75) is 54.1 Å². The van der Waals surface area contributed by atoms with Crippen molar-refractivity contribution < 1.29 is 14.5 Å². The van der Waals surface area contributed by atoms with Crippen molar-refractivity contribution in [3.05, 3.63) is 0 Å². The fraction of sp³-hybridized carbons (Fsp3) is 1.00. The second kappa shape index (κ2) is 3.23. The van der Waals surface area contributed by atoms with Gasteiger partial charge in [0.05, 0.1) is 0 Å². The van der Waals surface area contributed by atoms with Crippen molar-refractivity contribution in [1.29, 1.82) is 0 Å². The molecule has 3 heteroatoms. The second-order valence-corrected chi connectivity index (χ2v) is 5.72. The summed E-state index contributed by atoms with van der Waals surface area (Å²) in [5, 5.41) is 0. The largest absolute Gasteiger partial charge is 0.317 e. The molecule has 0 bridgehead atoms. The molecule has 1 saturated heterocycles. The lowest BCUT2D eigenvalue weighted by atomic mass is 9.94. The molecule has 0 radical (unpaired) electrons. The molecule has 0 aromatic heterocycles. The van der Waals surface area contributed by atoms with Crippen LogP contribution in [0.5, 0.6) is 0 Å². The Hall–Kier alpha value is -0.120. The molecular formula is C10H20O3. The van der Waals surface area contributed by atoms with Crippen LogP contribution in [0.4, 0.5) is 0 Å². The van der Waals surface area contributed by atoms with E-state index in [9.17, 15) is 0 Å². The summed E-state index contributed by atoms with van der Waals surface area (Å²) in [4.78, 5) is 10.3. The Morgan fingerprint density at radius 2 is 1.00 bits per heavy atom. The number of hydrogen-bond acceptors (Lipinski definition) is 3. The average Bonchev–Trinajstić information content (AvgIpc) is 2.28. The molecule has 0 aromatic rings. The number of rotatable bonds is 0. The van der Waals surface area contributed by atoms with Gasteiger partial charge in [-0.3, -0.25) is 0 Å². The van der Waals surface area contributed by atoms with E-state index in [-0.39, 0.29) is 23.4 Å². The molecule has 78 valence electrons.